The van der Waals surface area contributed by atoms with Gasteiger partial charge in [0.2, 0.25) is 0 Å². The first-order chi connectivity index (χ1) is 10.4. The van der Waals surface area contributed by atoms with Gasteiger partial charge in [-0.3, -0.25) is 0 Å². The third-order valence-corrected chi connectivity index (χ3v) is 3.96. The van der Waals surface area contributed by atoms with Gasteiger partial charge in [0.15, 0.2) is 0 Å². The van der Waals surface area contributed by atoms with Gasteiger partial charge in [0.1, 0.15) is 11.6 Å². The smallest absolute Gasteiger partial charge is 0.141 e. The van der Waals surface area contributed by atoms with Crippen molar-refractivity contribution >= 4 is 35.8 Å². The molecule has 3 aromatic rings. The number of imidazole rings is 1. The molecule has 0 saturated heterocycles. The van der Waals surface area contributed by atoms with Crippen molar-refractivity contribution in [3.05, 3.63) is 48.0 Å². The van der Waals surface area contributed by atoms with Crippen LogP contribution in [0.3, 0.4) is 0 Å². The molecule has 4 nitrogen and oxygen atoms in total. The molecule has 6 heteroatoms. The Hall–Kier alpha value is -1.75. The molecule has 0 radical (unpaired) electrons. The van der Waals surface area contributed by atoms with Gasteiger partial charge in [0, 0.05) is 30.6 Å². The van der Waals surface area contributed by atoms with E-state index in [-0.39, 0.29) is 24.8 Å². The van der Waals surface area contributed by atoms with E-state index in [0.29, 0.717) is 6.54 Å². The minimum atomic E-state index is 0. The summed E-state index contributed by atoms with van der Waals surface area (Å²) in [5.41, 5.74) is 10.4. The zero-order valence-corrected chi connectivity index (χ0v) is 14.2. The van der Waals surface area contributed by atoms with Gasteiger partial charge < -0.3 is 15.0 Å². The molecule has 23 heavy (non-hydrogen) atoms. The molecular weight excluding hydrogens is 333 g/mol. The van der Waals surface area contributed by atoms with E-state index in [1.807, 2.05) is 30.3 Å². The highest BCUT2D eigenvalue weighted by molar-refractivity contribution is 5.86. The number of fused-ring (bicyclic) bond motifs is 3. The minimum Gasteiger partial charge on any atom is -0.493 e. The van der Waals surface area contributed by atoms with Crippen LogP contribution in [0.15, 0.2) is 42.5 Å². The molecule has 0 bridgehead atoms. The summed E-state index contributed by atoms with van der Waals surface area (Å²) < 4.78 is 7.92. The van der Waals surface area contributed by atoms with Crippen molar-refractivity contribution in [2.24, 2.45) is 5.73 Å². The molecule has 1 aliphatic heterocycles. The lowest BCUT2D eigenvalue weighted by Crippen LogP contribution is -2.11. The molecule has 2 N–H and O–H groups in total. The van der Waals surface area contributed by atoms with Crippen LogP contribution < -0.4 is 10.5 Å². The van der Waals surface area contributed by atoms with Crippen LogP contribution >= 0.6 is 24.8 Å². The number of nitrogens with two attached hydrogens (primary N) is 1. The molecule has 0 spiro atoms. The Bertz CT molecular complexity index is 802. The van der Waals surface area contributed by atoms with Crippen LogP contribution in [0.5, 0.6) is 5.75 Å². The standard InChI is InChI=1S/C17H17N3O.2ClH/c18-9-10-20-16-13-8-11-21-15(13)7-6-14(16)19-17(20)12-4-2-1-3-5-12;;/h1-7H,8-11,18H2;2*1H. The van der Waals surface area contributed by atoms with E-state index < -0.39 is 0 Å². The summed E-state index contributed by atoms with van der Waals surface area (Å²) in [7, 11) is 0. The maximum Gasteiger partial charge on any atom is 0.141 e. The van der Waals surface area contributed by atoms with E-state index in [1.54, 1.807) is 0 Å². The quantitative estimate of drug-likeness (QED) is 0.786. The lowest BCUT2D eigenvalue weighted by molar-refractivity contribution is 0.357. The Kier molecular flexibility index (Phi) is 5.52. The maximum absolute atomic E-state index is 5.82. The zero-order chi connectivity index (χ0) is 14.2. The summed E-state index contributed by atoms with van der Waals surface area (Å²) >= 11 is 0. The molecule has 0 aliphatic carbocycles. The van der Waals surface area contributed by atoms with E-state index in [2.05, 4.69) is 16.7 Å². The fourth-order valence-corrected chi connectivity index (χ4v) is 3.07. The third-order valence-electron chi connectivity index (χ3n) is 3.96. The molecule has 1 aliphatic rings. The van der Waals surface area contributed by atoms with Crippen molar-refractivity contribution in [3.63, 3.8) is 0 Å². The Balaban J connectivity index is 0.000000960. The van der Waals surface area contributed by atoms with Gasteiger partial charge in [0.05, 0.1) is 17.6 Å². The van der Waals surface area contributed by atoms with Gasteiger partial charge in [-0.05, 0) is 12.1 Å². The van der Waals surface area contributed by atoms with E-state index in [0.717, 1.165) is 42.2 Å². The van der Waals surface area contributed by atoms with Gasteiger partial charge >= 0.3 is 0 Å². The molecule has 0 saturated carbocycles. The number of nitrogens with zero attached hydrogens (tertiary/aromatic N) is 2. The molecule has 1 aromatic heterocycles. The number of ether oxygens (including phenoxy) is 1. The summed E-state index contributed by atoms with van der Waals surface area (Å²) in [5, 5.41) is 0. The Labute approximate surface area is 147 Å². The van der Waals surface area contributed by atoms with E-state index in [9.17, 15) is 0 Å². The van der Waals surface area contributed by atoms with Crippen molar-refractivity contribution in [1.82, 2.24) is 9.55 Å². The summed E-state index contributed by atoms with van der Waals surface area (Å²) in [6.07, 6.45) is 0.942. The van der Waals surface area contributed by atoms with E-state index >= 15 is 0 Å². The summed E-state index contributed by atoms with van der Waals surface area (Å²) in [6.45, 7) is 2.11. The Morgan fingerprint density at radius 2 is 1.87 bits per heavy atom. The number of hydrogen-bond donors (Lipinski definition) is 1. The SMILES string of the molecule is Cl.Cl.NCCn1c(-c2ccccc2)nc2ccc3c(c21)CCO3. The highest BCUT2D eigenvalue weighted by Gasteiger charge is 2.21. The average Bonchev–Trinajstić information content (AvgIpc) is 3.12. The van der Waals surface area contributed by atoms with E-state index in [1.165, 1.54) is 11.1 Å². The second-order valence-corrected chi connectivity index (χ2v) is 5.25. The minimum absolute atomic E-state index is 0. The molecule has 0 fully saturated rings. The molecule has 2 heterocycles. The number of benzene rings is 2. The van der Waals surface area contributed by atoms with Gasteiger partial charge in [-0.15, -0.1) is 24.8 Å². The van der Waals surface area contributed by atoms with E-state index in [4.69, 9.17) is 15.5 Å². The summed E-state index contributed by atoms with van der Waals surface area (Å²) in [5.74, 6) is 1.97. The average molecular weight is 352 g/mol. The number of halogens is 2. The predicted molar refractivity (Wildman–Crippen MR) is 97.9 cm³/mol. The lowest BCUT2D eigenvalue weighted by atomic mass is 10.1. The van der Waals surface area contributed by atoms with Gasteiger partial charge in [-0.2, -0.15) is 0 Å². The fraction of sp³-hybridized carbons (Fsp3) is 0.235. The highest BCUT2D eigenvalue weighted by atomic mass is 35.5. The highest BCUT2D eigenvalue weighted by Crippen LogP contribution is 2.35. The van der Waals surface area contributed by atoms with Crippen LogP contribution in [0.2, 0.25) is 0 Å². The molecule has 4 rings (SSSR count). The van der Waals surface area contributed by atoms with Crippen LogP contribution in [-0.4, -0.2) is 22.7 Å². The van der Waals surface area contributed by atoms with Gasteiger partial charge in [0.25, 0.3) is 0 Å². The number of hydrogen-bond acceptors (Lipinski definition) is 3. The van der Waals surface area contributed by atoms with Crippen molar-refractivity contribution in [2.45, 2.75) is 13.0 Å². The summed E-state index contributed by atoms with van der Waals surface area (Å²) in [4.78, 5) is 4.83. The number of rotatable bonds is 3. The lowest BCUT2D eigenvalue weighted by Gasteiger charge is -2.09. The largest absolute Gasteiger partial charge is 0.493 e. The topological polar surface area (TPSA) is 53.1 Å². The third kappa shape index (κ3) is 2.90. The normalized spacial score (nSPS) is 12.2. The van der Waals surface area contributed by atoms with Crippen molar-refractivity contribution < 1.29 is 4.74 Å². The zero-order valence-electron chi connectivity index (χ0n) is 12.6. The second kappa shape index (κ2) is 7.21. The first kappa shape index (κ1) is 17.6. The van der Waals surface area contributed by atoms with Crippen molar-refractivity contribution in [2.75, 3.05) is 13.2 Å². The Morgan fingerprint density at radius 1 is 1.09 bits per heavy atom. The van der Waals surface area contributed by atoms with Gasteiger partial charge in [-0.1, -0.05) is 30.3 Å². The Morgan fingerprint density at radius 3 is 2.61 bits per heavy atom. The number of aromatic nitrogens is 2. The predicted octanol–water partition coefficient (Wildman–Crippen LogP) is 3.44. The molecule has 0 amide bonds. The monoisotopic (exact) mass is 351 g/mol. The molecule has 122 valence electrons. The second-order valence-electron chi connectivity index (χ2n) is 5.25. The molecular formula is C17H19Cl2N3O. The summed E-state index contributed by atoms with van der Waals surface area (Å²) in [6, 6.07) is 14.3. The van der Waals surface area contributed by atoms with Crippen molar-refractivity contribution in [1.29, 1.82) is 0 Å². The van der Waals surface area contributed by atoms with Crippen LogP contribution in [0.1, 0.15) is 5.56 Å². The molecule has 2 aromatic carbocycles. The van der Waals surface area contributed by atoms with Crippen LogP contribution in [0.25, 0.3) is 22.4 Å². The molecule has 0 atom stereocenters. The first-order valence-electron chi connectivity index (χ1n) is 7.29. The van der Waals surface area contributed by atoms with Crippen LogP contribution in [0, 0.1) is 0 Å². The fourth-order valence-electron chi connectivity index (χ4n) is 3.07. The van der Waals surface area contributed by atoms with Crippen LogP contribution in [0.4, 0.5) is 0 Å². The van der Waals surface area contributed by atoms with Crippen LogP contribution in [-0.2, 0) is 13.0 Å². The first-order valence-corrected chi connectivity index (χ1v) is 7.29. The maximum atomic E-state index is 5.82. The van der Waals surface area contributed by atoms with Gasteiger partial charge in [-0.25, -0.2) is 4.98 Å². The van der Waals surface area contributed by atoms with Crippen molar-refractivity contribution in [3.8, 4) is 17.1 Å². The molecule has 0 unspecified atom stereocenters.